The van der Waals surface area contributed by atoms with Crippen LogP contribution < -0.4 is 19.6 Å². The van der Waals surface area contributed by atoms with E-state index in [-0.39, 0.29) is 57.9 Å². The molecule has 528 valence electrons. The molecule has 6 saturated heterocycles. The van der Waals surface area contributed by atoms with Crippen LogP contribution in [-0.4, -0.2) is 247 Å². The van der Waals surface area contributed by atoms with Gasteiger partial charge in [0.1, 0.15) is 17.5 Å². The second-order valence-corrected chi connectivity index (χ2v) is 29.7. The van der Waals surface area contributed by atoms with Crippen LogP contribution in [0.25, 0.3) is 0 Å². The van der Waals surface area contributed by atoms with E-state index in [2.05, 4.69) is 40.8 Å². The number of methoxy groups -OCH3 is 1. The largest absolute Gasteiger partial charge is 0.449 e. The van der Waals surface area contributed by atoms with Crippen LogP contribution in [0, 0.1) is 30.3 Å². The Morgan fingerprint density at radius 2 is 0.918 bits per heavy atom. The predicted octanol–water partition coefficient (Wildman–Crippen LogP) is 10.7. The minimum Gasteiger partial charge on any atom is -0.449 e. The summed E-state index contributed by atoms with van der Waals surface area (Å²) >= 11 is 0. The van der Waals surface area contributed by atoms with Gasteiger partial charge < -0.3 is 58.3 Å². The molecule has 10 aliphatic rings. The average molecular weight is 1340 g/mol. The zero-order valence-corrected chi connectivity index (χ0v) is 58.5. The molecule has 0 atom stereocenters. The van der Waals surface area contributed by atoms with Crippen molar-refractivity contribution in [3.05, 3.63) is 107 Å². The maximum Gasteiger partial charge on any atom is 0.409 e. The molecular weight excluding hydrogens is 1240 g/mol. The molecular formula is C74H104F3N13O7. The number of carbonyl (C=O) groups excluding carboxylic acids is 4. The first-order valence-corrected chi connectivity index (χ1v) is 36.0. The van der Waals surface area contributed by atoms with E-state index in [9.17, 15) is 32.3 Å². The monoisotopic (exact) mass is 1340 g/mol. The summed E-state index contributed by atoms with van der Waals surface area (Å²) in [7, 11) is 8.78. The number of piperidine rings is 6. The molecule has 14 rings (SSSR count). The Bertz CT molecular complexity index is 3370. The summed E-state index contributed by atoms with van der Waals surface area (Å²) in [6, 6.07) is 20.6. The van der Waals surface area contributed by atoms with Crippen molar-refractivity contribution in [1.29, 1.82) is 0 Å². The molecule has 6 amide bonds. The number of anilines is 4. The fourth-order valence-corrected chi connectivity index (χ4v) is 17.2. The Kier molecular flexibility index (Phi) is 21.8. The molecule has 3 aromatic carbocycles. The third-order valence-corrected chi connectivity index (χ3v) is 23.1. The Hall–Kier alpha value is -6.95. The number of benzene rings is 3. The van der Waals surface area contributed by atoms with Crippen LogP contribution in [0.2, 0.25) is 0 Å². The lowest BCUT2D eigenvalue weighted by atomic mass is 9.74. The highest BCUT2D eigenvalue weighted by Crippen LogP contribution is 2.51. The quantitative estimate of drug-likeness (QED) is 0.140. The molecule has 23 heteroatoms. The fraction of sp³-hybridized carbons (Fsp3) is 0.649. The number of hydrogen-bond donors (Lipinski definition) is 0. The van der Waals surface area contributed by atoms with Gasteiger partial charge in [-0.2, -0.15) is 5.10 Å². The van der Waals surface area contributed by atoms with Gasteiger partial charge in [0.2, 0.25) is 0 Å². The Balaban J connectivity index is 0.000000139. The maximum atomic E-state index is 14.2. The lowest BCUT2D eigenvalue weighted by molar-refractivity contribution is 0.0546. The Labute approximate surface area is 572 Å². The highest BCUT2D eigenvalue weighted by atomic mass is 19.1. The van der Waals surface area contributed by atoms with Crippen molar-refractivity contribution < 1.29 is 46.6 Å². The second kappa shape index (κ2) is 30.3. The van der Waals surface area contributed by atoms with Crippen molar-refractivity contribution in [2.75, 3.05) is 179 Å². The molecule has 1 aliphatic carbocycles. The molecule has 20 nitrogen and oxygen atoms in total. The first-order chi connectivity index (χ1) is 46.8. The predicted molar refractivity (Wildman–Crippen MR) is 371 cm³/mol. The molecule has 1 saturated carbocycles. The smallest absolute Gasteiger partial charge is 0.409 e. The number of amides is 6. The number of urea groups is 2. The van der Waals surface area contributed by atoms with E-state index in [1.807, 2.05) is 45.6 Å². The van der Waals surface area contributed by atoms with E-state index in [0.717, 1.165) is 209 Å². The van der Waals surface area contributed by atoms with E-state index in [1.54, 1.807) is 81.5 Å². The summed E-state index contributed by atoms with van der Waals surface area (Å²) in [5.41, 5.74) is 6.68. The number of fused-ring (bicyclic) bond motifs is 6. The third-order valence-electron chi connectivity index (χ3n) is 23.1. The number of hydrogen-bond acceptors (Lipinski definition) is 14. The Morgan fingerprint density at radius 3 is 1.32 bits per heavy atom. The first-order valence-electron chi connectivity index (χ1n) is 36.0. The topological polar surface area (TPSA) is 157 Å². The van der Waals surface area contributed by atoms with Crippen molar-refractivity contribution in [3.63, 3.8) is 0 Å². The molecule has 0 N–H and O–H groups in total. The van der Waals surface area contributed by atoms with Crippen molar-refractivity contribution in [2.45, 2.75) is 145 Å². The van der Waals surface area contributed by atoms with E-state index < -0.39 is 0 Å². The van der Waals surface area contributed by atoms with E-state index in [4.69, 9.17) is 14.2 Å². The van der Waals surface area contributed by atoms with Crippen LogP contribution in [0.5, 0.6) is 0 Å². The van der Waals surface area contributed by atoms with Crippen LogP contribution in [0.1, 0.15) is 126 Å². The summed E-state index contributed by atoms with van der Waals surface area (Å²) in [6.07, 6.45) is 14.8. The summed E-state index contributed by atoms with van der Waals surface area (Å²) in [5, 5.41) is 8.54. The highest BCUT2D eigenvalue weighted by Gasteiger charge is 2.51. The number of aryl methyl sites for hydroxylation is 1. The minimum atomic E-state index is -0.240. The molecule has 3 spiro atoms. The van der Waals surface area contributed by atoms with Gasteiger partial charge in [-0.3, -0.25) is 9.80 Å². The van der Waals surface area contributed by atoms with Gasteiger partial charge in [-0.15, -0.1) is 5.10 Å². The molecule has 97 heavy (non-hydrogen) atoms. The zero-order valence-electron chi connectivity index (χ0n) is 58.5. The number of nitrogens with zero attached hydrogens (tertiary/aromatic N) is 13. The van der Waals surface area contributed by atoms with Crippen molar-refractivity contribution in [3.8, 4) is 0 Å². The molecule has 0 bridgehead atoms. The van der Waals surface area contributed by atoms with Crippen molar-refractivity contribution in [2.24, 2.45) is 5.92 Å². The second-order valence-electron chi connectivity index (χ2n) is 29.7. The van der Waals surface area contributed by atoms with Crippen LogP contribution >= 0.6 is 0 Å². The summed E-state index contributed by atoms with van der Waals surface area (Å²) in [4.78, 5) is 73.0. The van der Waals surface area contributed by atoms with Gasteiger partial charge in [-0.25, -0.2) is 32.3 Å². The molecule has 1 aromatic heterocycles. The summed E-state index contributed by atoms with van der Waals surface area (Å²) < 4.78 is 58.6. The van der Waals surface area contributed by atoms with Gasteiger partial charge in [0.15, 0.2) is 5.82 Å². The molecule has 0 radical (unpaired) electrons. The number of ether oxygens (including phenoxy) is 3. The van der Waals surface area contributed by atoms with Crippen LogP contribution in [0.3, 0.4) is 0 Å². The SMILES string of the molecule is CCCOC(=O)N1CCC(N2CCC3(CC2)CN(CCOC)c2ccc(F)cc23)CC1.CN(C)C(=O)N1CC2(CCN(C3CCN(C(=O)OCC4CC4)CC3)CC2)c2cc(F)ccc21.Cc1ccc(N2CCC(N3CCC4(CC3)CN(C(=O)N(C)C)c3ccc(F)cc34)CC2)nn1. The van der Waals surface area contributed by atoms with Crippen LogP contribution in [-0.2, 0) is 30.5 Å². The first kappa shape index (κ1) is 69.9. The summed E-state index contributed by atoms with van der Waals surface area (Å²) in [6.45, 7) is 19.6. The lowest BCUT2D eigenvalue weighted by Gasteiger charge is -2.45. The van der Waals surface area contributed by atoms with Gasteiger partial charge in [0, 0.05) is 152 Å². The standard InChI is InChI=1S/C25H33FN6O.C25H35FN4O3.C24H36FN3O3/c1-18-4-7-23(28-27-18)31-12-8-20(9-13-31)30-14-10-25(11-15-30)17-32(24(33)29(2)3)22-6-5-19(26)16-21(22)25;1-27(2)23(31)30-17-25(21-15-19(26)5-6-22(21)30)9-13-28(14-10-25)20-7-11-29(12-8-20)24(32)33-16-18-3-4-18;1-3-15-31-23(29)27-10-6-20(7-11-27)26-12-8-24(9-13-26)18-28(14-16-30-2)22-5-4-19(25)17-21(22)24/h4-7,16,20H,8-15,17H2,1-3H3;5-6,15,18,20H,3-4,7-14,16-17H2,1-2H3;4-5,17,20H,3,6-16,18H2,1-2H3. The van der Waals surface area contributed by atoms with Crippen molar-refractivity contribution >= 4 is 47.1 Å². The van der Waals surface area contributed by atoms with Gasteiger partial charge in [-0.1, -0.05) is 6.92 Å². The number of rotatable bonds is 11. The Morgan fingerprint density at radius 1 is 0.505 bits per heavy atom. The lowest BCUT2D eigenvalue weighted by Crippen LogP contribution is -2.53. The fourth-order valence-electron chi connectivity index (χ4n) is 17.2. The number of carbonyl (C=O) groups is 4. The van der Waals surface area contributed by atoms with Crippen molar-refractivity contribution in [1.82, 2.24) is 44.5 Å². The zero-order chi connectivity index (χ0) is 68.2. The minimum absolute atomic E-state index is 0.0336. The van der Waals surface area contributed by atoms with Gasteiger partial charge in [-0.05, 0) is 232 Å². The third kappa shape index (κ3) is 15.4. The number of likely N-dealkylation sites (tertiary alicyclic amines) is 5. The highest BCUT2D eigenvalue weighted by molar-refractivity contribution is 5.96. The van der Waals surface area contributed by atoms with Gasteiger partial charge in [0.05, 0.1) is 25.5 Å². The molecule has 0 unspecified atom stereocenters. The van der Waals surface area contributed by atoms with Crippen LogP contribution in [0.15, 0.2) is 66.7 Å². The van der Waals surface area contributed by atoms with Gasteiger partial charge in [0.25, 0.3) is 0 Å². The molecule has 7 fully saturated rings. The van der Waals surface area contributed by atoms with E-state index >= 15 is 0 Å². The molecule has 4 aromatic rings. The van der Waals surface area contributed by atoms with E-state index in [1.165, 1.54) is 36.2 Å². The van der Waals surface area contributed by atoms with Crippen LogP contribution in [0.4, 0.5) is 55.2 Å². The van der Waals surface area contributed by atoms with Gasteiger partial charge >= 0.3 is 24.2 Å². The maximum absolute atomic E-state index is 14.2. The average Bonchev–Trinajstić information content (AvgIpc) is 1.61. The molecule has 10 heterocycles. The van der Waals surface area contributed by atoms with E-state index in [0.29, 0.717) is 57.0 Å². The number of aromatic nitrogens is 2. The number of halogens is 3. The summed E-state index contributed by atoms with van der Waals surface area (Å²) in [5.74, 6) is 0.950. The normalized spacial score (nSPS) is 21.8. The molecule has 9 aliphatic heterocycles.